The Kier molecular flexibility index (Phi) is 7.55. The van der Waals surface area contributed by atoms with Crippen molar-refractivity contribution >= 4 is 38.0 Å². The number of carbonyl (C=O) groups excluding carboxylic acids is 1. The van der Waals surface area contributed by atoms with Crippen molar-refractivity contribution in [3.05, 3.63) is 60.2 Å². The first-order valence-electron chi connectivity index (χ1n) is 16.5. The summed E-state index contributed by atoms with van der Waals surface area (Å²) in [4.78, 5) is 25.9. The summed E-state index contributed by atoms with van der Waals surface area (Å²) >= 11 is 0. The molecule has 3 unspecified atom stereocenters. The van der Waals surface area contributed by atoms with Gasteiger partial charge >= 0.3 is 0 Å². The monoisotopic (exact) mass is 669 g/mol. The lowest BCUT2D eigenvalue weighted by Gasteiger charge is -2.27. The van der Waals surface area contributed by atoms with E-state index in [4.69, 9.17) is 25.5 Å². The van der Waals surface area contributed by atoms with Gasteiger partial charge < -0.3 is 29.6 Å². The third-order valence-corrected chi connectivity index (χ3v) is 11.7. The highest BCUT2D eigenvalue weighted by Gasteiger charge is 2.47. The SMILES string of the molecule is COc1cc(C(=O)N2CC3CCC2C3N)cc2nc(-c3cc4ccc(-c5cccc(S(=O)(=O)NCCO)c5)nc4n3CC3CC3)n(C)c12. The summed E-state index contributed by atoms with van der Waals surface area (Å²) in [7, 11) is -0.205. The normalized spacial score (nSPS) is 20.8. The van der Waals surface area contributed by atoms with Crippen LogP contribution in [0, 0.1) is 11.8 Å². The van der Waals surface area contributed by atoms with Crippen molar-refractivity contribution in [1.82, 2.24) is 28.7 Å². The molecule has 3 aromatic heterocycles. The average Bonchev–Trinajstić information content (AvgIpc) is 3.50. The molecule has 0 spiro atoms. The maximum Gasteiger partial charge on any atom is 0.254 e. The Morgan fingerprint density at radius 3 is 2.62 bits per heavy atom. The van der Waals surface area contributed by atoms with Crippen LogP contribution in [-0.4, -0.2) is 82.3 Å². The predicted molar refractivity (Wildman–Crippen MR) is 182 cm³/mol. The van der Waals surface area contributed by atoms with Gasteiger partial charge in [-0.1, -0.05) is 12.1 Å². The number of benzene rings is 2. The first-order chi connectivity index (χ1) is 23.2. The molecule has 48 heavy (non-hydrogen) atoms. The van der Waals surface area contributed by atoms with Crippen LogP contribution in [0.15, 0.2) is 59.5 Å². The quantitative estimate of drug-likeness (QED) is 0.204. The average molecular weight is 670 g/mol. The number of piperidine rings is 1. The summed E-state index contributed by atoms with van der Waals surface area (Å²) in [6.45, 7) is 1.11. The summed E-state index contributed by atoms with van der Waals surface area (Å²) in [6, 6.07) is 16.4. The molecular weight excluding hydrogens is 630 g/mol. The number of amides is 1. The van der Waals surface area contributed by atoms with Gasteiger partial charge in [0.1, 0.15) is 16.9 Å². The maximum atomic E-state index is 13.7. The molecule has 2 aromatic carbocycles. The van der Waals surface area contributed by atoms with Crippen LogP contribution in [0.2, 0.25) is 0 Å². The largest absolute Gasteiger partial charge is 0.494 e. The second-order valence-corrected chi connectivity index (χ2v) is 15.1. The molecule has 2 saturated carbocycles. The number of imidazole rings is 1. The molecule has 13 heteroatoms. The highest BCUT2D eigenvalue weighted by Crippen LogP contribution is 2.40. The molecule has 3 atom stereocenters. The van der Waals surface area contributed by atoms with Crippen molar-refractivity contribution < 1.29 is 23.1 Å². The van der Waals surface area contributed by atoms with Crippen molar-refractivity contribution in [3.8, 4) is 28.5 Å². The van der Waals surface area contributed by atoms with Crippen LogP contribution in [0.1, 0.15) is 36.0 Å². The molecular formula is C35H39N7O5S. The molecule has 4 heterocycles. The number of aliphatic hydroxyl groups is 1. The Balaban J connectivity index is 1.20. The molecule has 0 radical (unpaired) electrons. The second-order valence-electron chi connectivity index (χ2n) is 13.3. The molecule has 8 rings (SSSR count). The van der Waals surface area contributed by atoms with Gasteiger partial charge in [0, 0.05) is 55.3 Å². The van der Waals surface area contributed by atoms with Crippen LogP contribution in [-0.2, 0) is 23.6 Å². The Labute approximate surface area is 278 Å². The van der Waals surface area contributed by atoms with E-state index in [0.29, 0.717) is 46.5 Å². The van der Waals surface area contributed by atoms with Gasteiger partial charge in [0.05, 0.1) is 35.5 Å². The number of nitrogens with one attached hydrogen (secondary N) is 1. The van der Waals surface area contributed by atoms with E-state index in [9.17, 15) is 13.2 Å². The summed E-state index contributed by atoms with van der Waals surface area (Å²) in [6.07, 6.45) is 4.30. The number of fused-ring (bicyclic) bond motifs is 4. The fourth-order valence-corrected chi connectivity index (χ4v) is 8.64. The lowest BCUT2D eigenvalue weighted by Crippen LogP contribution is -2.41. The first kappa shape index (κ1) is 31.0. The Hall–Kier alpha value is -4.30. The summed E-state index contributed by atoms with van der Waals surface area (Å²) in [5, 5.41) is 10.0. The van der Waals surface area contributed by atoms with E-state index >= 15 is 0 Å². The lowest BCUT2D eigenvalue weighted by atomic mass is 10.1. The van der Waals surface area contributed by atoms with Crippen molar-refractivity contribution in [1.29, 1.82) is 0 Å². The Morgan fingerprint density at radius 1 is 1.08 bits per heavy atom. The highest BCUT2D eigenvalue weighted by atomic mass is 32.2. The lowest BCUT2D eigenvalue weighted by molar-refractivity contribution is 0.0700. The molecule has 3 fully saturated rings. The van der Waals surface area contributed by atoms with Gasteiger partial charge in [-0.15, -0.1) is 0 Å². The number of carbonyl (C=O) groups is 1. The number of rotatable bonds is 10. The molecule has 250 valence electrons. The van der Waals surface area contributed by atoms with Crippen LogP contribution < -0.4 is 15.2 Å². The fraction of sp³-hybridized carbons (Fsp3) is 0.400. The minimum Gasteiger partial charge on any atom is -0.494 e. The number of hydrogen-bond donors (Lipinski definition) is 3. The van der Waals surface area contributed by atoms with E-state index in [-0.39, 0.29) is 36.0 Å². The number of nitrogens with zero attached hydrogens (tertiary/aromatic N) is 5. The van der Waals surface area contributed by atoms with Crippen molar-refractivity contribution in [3.63, 3.8) is 0 Å². The number of aromatic nitrogens is 4. The van der Waals surface area contributed by atoms with Gasteiger partial charge in [-0.3, -0.25) is 4.79 Å². The molecule has 12 nitrogen and oxygen atoms in total. The van der Waals surface area contributed by atoms with E-state index in [0.717, 1.165) is 60.3 Å². The van der Waals surface area contributed by atoms with E-state index < -0.39 is 10.0 Å². The number of sulfonamides is 1. The van der Waals surface area contributed by atoms with Gasteiger partial charge in [-0.05, 0) is 80.0 Å². The minimum absolute atomic E-state index is 0.0364. The standard InChI is InChI=1S/C35H39N7O5S/c1-40-32-27(15-24(17-30(32)47-2)35(44)42-19-23-9-11-28(42)31(23)36)39-34(40)29-16-22-8-10-26(38-33(22)41(29)18-20-6-7-20)21-4-3-5-25(14-21)48(45,46)37-12-13-43/h3-5,8,10,14-17,20,23,28,31,37,43H,6-7,9,11-13,18-19,36H2,1-2H3. The number of likely N-dealkylation sites (tertiary alicyclic amines) is 1. The zero-order chi connectivity index (χ0) is 33.3. The van der Waals surface area contributed by atoms with Gasteiger partial charge in [-0.25, -0.2) is 23.1 Å². The van der Waals surface area contributed by atoms with Crippen molar-refractivity contribution in [2.24, 2.45) is 24.6 Å². The maximum absolute atomic E-state index is 13.7. The van der Waals surface area contributed by atoms with Crippen LogP contribution in [0.5, 0.6) is 5.75 Å². The number of aliphatic hydroxyl groups excluding tert-OH is 1. The highest BCUT2D eigenvalue weighted by molar-refractivity contribution is 7.89. The topological polar surface area (TPSA) is 158 Å². The van der Waals surface area contributed by atoms with E-state index in [1.165, 1.54) is 6.07 Å². The Morgan fingerprint density at radius 2 is 1.92 bits per heavy atom. The van der Waals surface area contributed by atoms with Crippen LogP contribution in [0.25, 0.3) is 44.8 Å². The van der Waals surface area contributed by atoms with Crippen molar-refractivity contribution in [2.45, 2.75) is 49.2 Å². The number of aryl methyl sites for hydroxylation is 1. The number of ether oxygens (including phenoxy) is 1. The van der Waals surface area contributed by atoms with Gasteiger partial charge in [0.2, 0.25) is 10.0 Å². The smallest absolute Gasteiger partial charge is 0.254 e. The van der Waals surface area contributed by atoms with Crippen molar-refractivity contribution in [2.75, 3.05) is 26.8 Å². The number of nitrogens with two attached hydrogens (primary N) is 1. The number of hydrogen-bond acceptors (Lipinski definition) is 8. The van der Waals surface area contributed by atoms with Crippen LogP contribution in [0.4, 0.5) is 0 Å². The summed E-state index contributed by atoms with van der Waals surface area (Å²) in [5.74, 6) is 2.18. The van der Waals surface area contributed by atoms with E-state index in [2.05, 4.69) is 15.4 Å². The molecule has 1 saturated heterocycles. The van der Waals surface area contributed by atoms with Crippen LogP contribution >= 0.6 is 0 Å². The molecule has 1 amide bonds. The zero-order valence-electron chi connectivity index (χ0n) is 27.0. The third kappa shape index (κ3) is 5.16. The van der Waals surface area contributed by atoms with Crippen LogP contribution in [0.3, 0.4) is 0 Å². The zero-order valence-corrected chi connectivity index (χ0v) is 27.8. The van der Waals surface area contributed by atoms with Gasteiger partial charge in [0.15, 0.2) is 5.82 Å². The summed E-state index contributed by atoms with van der Waals surface area (Å²) < 4.78 is 38.0. The van der Waals surface area contributed by atoms with E-state index in [1.54, 1.807) is 19.2 Å². The summed E-state index contributed by atoms with van der Waals surface area (Å²) in [5.41, 5.74) is 11.4. The molecule has 1 aliphatic heterocycles. The number of methoxy groups -OCH3 is 1. The third-order valence-electron chi connectivity index (χ3n) is 10.3. The fourth-order valence-electron chi connectivity index (χ4n) is 7.57. The molecule has 5 aromatic rings. The molecule has 2 bridgehead atoms. The minimum atomic E-state index is -3.78. The van der Waals surface area contributed by atoms with E-state index in [1.807, 2.05) is 46.8 Å². The molecule has 2 aliphatic carbocycles. The predicted octanol–water partition coefficient (Wildman–Crippen LogP) is 3.51. The van der Waals surface area contributed by atoms with Gasteiger partial charge in [0.25, 0.3) is 5.91 Å². The second kappa shape index (κ2) is 11.7. The Bertz CT molecular complexity index is 2190. The molecule has 3 aliphatic rings. The number of pyridine rings is 1. The first-order valence-corrected chi connectivity index (χ1v) is 18.0. The molecule has 4 N–H and O–H groups in total. The van der Waals surface area contributed by atoms with Gasteiger partial charge in [-0.2, -0.15) is 0 Å².